The summed E-state index contributed by atoms with van der Waals surface area (Å²) >= 11 is 0. The molecular formula is C28H37N5O2. The minimum atomic E-state index is -0.232. The van der Waals surface area contributed by atoms with Crippen molar-refractivity contribution in [2.24, 2.45) is 4.99 Å². The summed E-state index contributed by atoms with van der Waals surface area (Å²) in [6.45, 7) is 14.3. The summed E-state index contributed by atoms with van der Waals surface area (Å²) in [6, 6.07) is 15.3. The van der Waals surface area contributed by atoms with Gasteiger partial charge in [0, 0.05) is 23.9 Å². The van der Waals surface area contributed by atoms with E-state index in [1.165, 1.54) is 5.56 Å². The number of nitrogens with one attached hydrogen (secondary N) is 2. The number of anilines is 1. The van der Waals surface area contributed by atoms with E-state index in [2.05, 4.69) is 43.4 Å². The van der Waals surface area contributed by atoms with Crippen LogP contribution >= 0.6 is 0 Å². The number of nitrogens with zero attached hydrogens (tertiary/aromatic N) is 3. The van der Waals surface area contributed by atoms with Crippen LogP contribution in [0.25, 0.3) is 0 Å². The maximum absolute atomic E-state index is 13.1. The number of benzene rings is 2. The van der Waals surface area contributed by atoms with Crippen LogP contribution in [0.2, 0.25) is 0 Å². The van der Waals surface area contributed by atoms with Gasteiger partial charge in [-0.05, 0) is 55.5 Å². The van der Waals surface area contributed by atoms with E-state index in [1.807, 2.05) is 73.3 Å². The average Bonchev–Trinajstić information content (AvgIpc) is 3.17. The number of rotatable bonds is 8. The summed E-state index contributed by atoms with van der Waals surface area (Å²) in [5.41, 5.74) is 4.44. The first kappa shape index (κ1) is 26.0. The van der Waals surface area contributed by atoms with Gasteiger partial charge in [0.05, 0.1) is 24.5 Å². The summed E-state index contributed by atoms with van der Waals surface area (Å²) in [5.74, 6) is 0.812. The molecule has 0 spiro atoms. The standard InChI is InChI=1S/C28H37N5O2/c1-7-17-33-19-22(20(3)32-33)18-29-27(30-24-11-9-10-12-25(24)35-8-2)31-26(34)21-13-15-23(16-14-21)28(4,5)6/h9-16,19H,7-8,17-18H2,1-6H3,(H2,29,30,31,34). The highest BCUT2D eigenvalue weighted by atomic mass is 16.5. The molecule has 7 heteroatoms. The van der Waals surface area contributed by atoms with Crippen LogP contribution in [0.3, 0.4) is 0 Å². The highest BCUT2D eigenvalue weighted by Gasteiger charge is 2.16. The average molecular weight is 476 g/mol. The van der Waals surface area contributed by atoms with Crippen LogP contribution in [-0.4, -0.2) is 28.3 Å². The molecule has 0 bridgehead atoms. The lowest BCUT2D eigenvalue weighted by Crippen LogP contribution is -2.36. The number of aromatic nitrogens is 2. The first-order valence-corrected chi connectivity index (χ1v) is 12.2. The van der Waals surface area contributed by atoms with Gasteiger partial charge in [0.1, 0.15) is 5.75 Å². The molecule has 0 saturated heterocycles. The molecule has 1 heterocycles. The third kappa shape index (κ3) is 7.18. The largest absolute Gasteiger partial charge is 0.492 e. The Kier molecular flexibility index (Phi) is 8.68. The molecule has 3 aromatic rings. The number of hydrogen-bond donors (Lipinski definition) is 2. The van der Waals surface area contributed by atoms with Crippen LogP contribution in [0.4, 0.5) is 5.69 Å². The van der Waals surface area contributed by atoms with Crippen molar-refractivity contribution in [2.45, 2.75) is 66.5 Å². The number of para-hydroxylation sites is 2. The number of guanidine groups is 1. The quantitative estimate of drug-likeness (QED) is 0.324. The predicted molar refractivity (Wildman–Crippen MR) is 142 cm³/mol. The van der Waals surface area contributed by atoms with Gasteiger partial charge in [-0.2, -0.15) is 5.10 Å². The van der Waals surface area contributed by atoms with Gasteiger partial charge in [0.2, 0.25) is 5.96 Å². The summed E-state index contributed by atoms with van der Waals surface area (Å²) in [6.07, 6.45) is 3.02. The number of ether oxygens (including phenoxy) is 1. The number of aliphatic imine (C=N–C) groups is 1. The maximum atomic E-state index is 13.1. The topological polar surface area (TPSA) is 80.5 Å². The summed E-state index contributed by atoms with van der Waals surface area (Å²) < 4.78 is 7.68. The second-order valence-corrected chi connectivity index (χ2v) is 9.50. The van der Waals surface area contributed by atoms with E-state index in [9.17, 15) is 4.79 Å². The maximum Gasteiger partial charge on any atom is 0.257 e. The Labute approximate surface area is 208 Å². The van der Waals surface area contributed by atoms with Gasteiger partial charge < -0.3 is 10.1 Å². The number of amides is 1. The minimum Gasteiger partial charge on any atom is -0.492 e. The molecule has 1 aromatic heterocycles. The van der Waals surface area contributed by atoms with E-state index in [0.29, 0.717) is 30.4 Å². The van der Waals surface area contributed by atoms with E-state index in [1.54, 1.807) is 0 Å². The van der Waals surface area contributed by atoms with Crippen LogP contribution in [0.15, 0.2) is 59.7 Å². The first-order chi connectivity index (χ1) is 16.7. The third-order valence-electron chi connectivity index (χ3n) is 5.59. The third-order valence-corrected chi connectivity index (χ3v) is 5.59. The molecule has 0 unspecified atom stereocenters. The summed E-state index contributed by atoms with van der Waals surface area (Å²) in [5, 5.41) is 10.8. The first-order valence-electron chi connectivity index (χ1n) is 12.2. The van der Waals surface area contributed by atoms with E-state index in [-0.39, 0.29) is 11.3 Å². The molecule has 0 saturated carbocycles. The number of aryl methyl sites for hydroxylation is 2. The lowest BCUT2D eigenvalue weighted by Gasteiger charge is -2.19. The van der Waals surface area contributed by atoms with Crippen molar-refractivity contribution in [3.63, 3.8) is 0 Å². The zero-order valence-corrected chi connectivity index (χ0v) is 21.7. The van der Waals surface area contributed by atoms with Crippen LogP contribution in [-0.2, 0) is 18.5 Å². The second kappa shape index (κ2) is 11.7. The number of carbonyl (C=O) groups is 1. The molecule has 3 rings (SSSR count). The van der Waals surface area contributed by atoms with Crippen molar-refractivity contribution in [2.75, 3.05) is 11.9 Å². The minimum absolute atomic E-state index is 0.0201. The van der Waals surface area contributed by atoms with E-state index in [4.69, 9.17) is 9.73 Å². The summed E-state index contributed by atoms with van der Waals surface area (Å²) in [4.78, 5) is 17.8. The lowest BCUT2D eigenvalue weighted by molar-refractivity contribution is 0.0977. The zero-order valence-electron chi connectivity index (χ0n) is 21.7. The molecule has 1 amide bonds. The molecule has 0 aliphatic heterocycles. The van der Waals surface area contributed by atoms with Crippen LogP contribution in [0.5, 0.6) is 5.75 Å². The van der Waals surface area contributed by atoms with Gasteiger partial charge in [-0.25, -0.2) is 4.99 Å². The molecule has 0 fully saturated rings. The SMILES string of the molecule is CCCn1cc(CN=C(NC(=O)c2ccc(C(C)(C)C)cc2)Nc2ccccc2OCC)c(C)n1. The van der Waals surface area contributed by atoms with Crippen molar-refractivity contribution in [3.05, 3.63) is 77.1 Å². The van der Waals surface area contributed by atoms with Crippen LogP contribution in [0.1, 0.15) is 68.2 Å². The Balaban J connectivity index is 1.86. The zero-order chi connectivity index (χ0) is 25.4. The number of carbonyl (C=O) groups excluding carboxylic acids is 1. The smallest absolute Gasteiger partial charge is 0.257 e. The molecule has 0 atom stereocenters. The fourth-order valence-electron chi connectivity index (χ4n) is 3.61. The Morgan fingerprint density at radius 1 is 1.09 bits per heavy atom. The molecule has 2 N–H and O–H groups in total. The van der Waals surface area contributed by atoms with Gasteiger partial charge in [0.25, 0.3) is 5.91 Å². The Bertz CT molecular complexity index is 1160. The molecule has 0 aliphatic rings. The second-order valence-electron chi connectivity index (χ2n) is 9.50. The normalized spacial score (nSPS) is 11.9. The van der Waals surface area contributed by atoms with Crippen molar-refractivity contribution in [1.82, 2.24) is 15.1 Å². The van der Waals surface area contributed by atoms with E-state index >= 15 is 0 Å². The van der Waals surface area contributed by atoms with Crippen molar-refractivity contribution in [3.8, 4) is 5.75 Å². The van der Waals surface area contributed by atoms with Gasteiger partial charge in [-0.1, -0.05) is 52.0 Å². The van der Waals surface area contributed by atoms with E-state index < -0.39 is 0 Å². The predicted octanol–water partition coefficient (Wildman–Crippen LogP) is 5.70. The van der Waals surface area contributed by atoms with Crippen molar-refractivity contribution >= 4 is 17.6 Å². The van der Waals surface area contributed by atoms with Crippen LogP contribution in [0, 0.1) is 6.92 Å². The van der Waals surface area contributed by atoms with E-state index in [0.717, 1.165) is 29.9 Å². The Morgan fingerprint density at radius 3 is 2.46 bits per heavy atom. The van der Waals surface area contributed by atoms with Gasteiger partial charge in [-0.15, -0.1) is 0 Å². The van der Waals surface area contributed by atoms with Crippen molar-refractivity contribution in [1.29, 1.82) is 0 Å². The molecule has 2 aromatic carbocycles. The Morgan fingerprint density at radius 2 is 1.80 bits per heavy atom. The van der Waals surface area contributed by atoms with Crippen LogP contribution < -0.4 is 15.4 Å². The molecule has 186 valence electrons. The monoisotopic (exact) mass is 475 g/mol. The fraction of sp³-hybridized carbons (Fsp3) is 0.393. The molecular weight excluding hydrogens is 438 g/mol. The Hall–Kier alpha value is -3.61. The van der Waals surface area contributed by atoms with Crippen molar-refractivity contribution < 1.29 is 9.53 Å². The molecule has 0 radical (unpaired) electrons. The number of hydrogen-bond acceptors (Lipinski definition) is 4. The van der Waals surface area contributed by atoms with Gasteiger partial charge in [-0.3, -0.25) is 14.8 Å². The van der Waals surface area contributed by atoms with Gasteiger partial charge >= 0.3 is 0 Å². The highest BCUT2D eigenvalue weighted by molar-refractivity contribution is 6.10. The molecule has 35 heavy (non-hydrogen) atoms. The summed E-state index contributed by atoms with van der Waals surface area (Å²) in [7, 11) is 0. The molecule has 0 aliphatic carbocycles. The van der Waals surface area contributed by atoms with Gasteiger partial charge in [0.15, 0.2) is 0 Å². The fourth-order valence-corrected chi connectivity index (χ4v) is 3.61. The lowest BCUT2D eigenvalue weighted by atomic mass is 9.87. The molecule has 7 nitrogen and oxygen atoms in total. The highest BCUT2D eigenvalue weighted by Crippen LogP contribution is 2.24.